The highest BCUT2D eigenvalue weighted by Crippen LogP contribution is 2.28. The predicted octanol–water partition coefficient (Wildman–Crippen LogP) is 6.61. The first-order chi connectivity index (χ1) is 22.9. The first-order valence-electron chi connectivity index (χ1n) is 17.2. The molecule has 47 heavy (non-hydrogen) atoms. The number of aliphatic hydroxyl groups is 1. The molecule has 2 amide bonds. The Hall–Kier alpha value is -3.91. The second-order valence-corrected chi connectivity index (χ2v) is 12.7. The minimum Gasteiger partial charge on any atom is -0.489 e. The van der Waals surface area contributed by atoms with E-state index in [0.29, 0.717) is 31.8 Å². The van der Waals surface area contributed by atoms with Crippen LogP contribution in [0.5, 0.6) is 5.75 Å². The molecule has 8 nitrogen and oxygen atoms in total. The number of aliphatic hydroxyl groups excluding tert-OH is 1. The van der Waals surface area contributed by atoms with E-state index in [1.54, 1.807) is 6.08 Å². The van der Waals surface area contributed by atoms with Gasteiger partial charge in [0.2, 0.25) is 11.8 Å². The number of hydrogen-bond acceptors (Lipinski definition) is 6. The van der Waals surface area contributed by atoms with E-state index in [1.807, 2.05) is 60.7 Å². The number of nitrogens with one attached hydrogen (secondary N) is 2. The number of esters is 1. The number of allylic oxidation sites excluding steroid dienone is 2. The summed E-state index contributed by atoms with van der Waals surface area (Å²) in [5.41, 5.74) is 2.02. The summed E-state index contributed by atoms with van der Waals surface area (Å²) in [6.45, 7) is 7.87. The standard InChI is InChI=1S/C39H54N2O6/c1-3-5-6-13-19-38(44)47-29-35(25-30-15-9-7-10-16-30)41-39(45)33(14-4-2)26-37(43)40-34(27-42)24-31-20-22-36(23-21-31)46-28-32-17-11-8-12-18-32/h3-4,8,11-12,17-18,20-23,30,33-35,42H,1-2,5-7,9-10,13-16,19,24-29H2,(H,40,43)(H,41,45). The van der Waals surface area contributed by atoms with Gasteiger partial charge in [-0.3, -0.25) is 14.4 Å². The van der Waals surface area contributed by atoms with E-state index in [9.17, 15) is 19.5 Å². The molecule has 2 aromatic carbocycles. The van der Waals surface area contributed by atoms with Crippen molar-refractivity contribution in [1.82, 2.24) is 10.6 Å². The maximum Gasteiger partial charge on any atom is 0.305 e. The summed E-state index contributed by atoms with van der Waals surface area (Å²) >= 11 is 0. The highest BCUT2D eigenvalue weighted by atomic mass is 16.5. The molecule has 0 saturated heterocycles. The van der Waals surface area contributed by atoms with E-state index >= 15 is 0 Å². The monoisotopic (exact) mass is 646 g/mol. The van der Waals surface area contributed by atoms with Gasteiger partial charge < -0.3 is 25.2 Å². The van der Waals surface area contributed by atoms with Crippen LogP contribution in [0.4, 0.5) is 0 Å². The number of carbonyl (C=O) groups excluding carboxylic acids is 3. The summed E-state index contributed by atoms with van der Waals surface area (Å²) in [5, 5.41) is 16.0. The zero-order valence-corrected chi connectivity index (χ0v) is 27.9. The molecule has 1 saturated carbocycles. The fourth-order valence-corrected chi connectivity index (χ4v) is 6.04. The highest BCUT2D eigenvalue weighted by Gasteiger charge is 2.27. The molecule has 2 aromatic rings. The third-order valence-electron chi connectivity index (χ3n) is 8.67. The number of unbranched alkanes of at least 4 members (excludes halogenated alkanes) is 2. The summed E-state index contributed by atoms with van der Waals surface area (Å²) in [5.74, 6) is -0.255. The smallest absolute Gasteiger partial charge is 0.305 e. The number of rotatable bonds is 22. The van der Waals surface area contributed by atoms with E-state index < -0.39 is 12.0 Å². The lowest BCUT2D eigenvalue weighted by atomic mass is 9.84. The van der Waals surface area contributed by atoms with Crippen molar-refractivity contribution in [2.75, 3.05) is 13.2 Å². The third-order valence-corrected chi connectivity index (χ3v) is 8.67. The maximum atomic E-state index is 13.5. The lowest BCUT2D eigenvalue weighted by Crippen LogP contribution is -2.45. The zero-order chi connectivity index (χ0) is 33.7. The van der Waals surface area contributed by atoms with Gasteiger partial charge in [0, 0.05) is 12.8 Å². The number of carbonyl (C=O) groups is 3. The van der Waals surface area contributed by atoms with Crippen molar-refractivity contribution >= 4 is 17.8 Å². The van der Waals surface area contributed by atoms with Gasteiger partial charge in [0.15, 0.2) is 0 Å². The fraction of sp³-hybridized carbons (Fsp3) is 0.513. The Labute approximate surface area is 281 Å². The molecule has 1 aliphatic rings. The summed E-state index contributed by atoms with van der Waals surface area (Å²) in [7, 11) is 0. The van der Waals surface area contributed by atoms with Gasteiger partial charge in [0.05, 0.1) is 24.6 Å². The average molecular weight is 647 g/mol. The molecule has 1 aliphatic carbocycles. The quantitative estimate of drug-likeness (QED) is 0.0754. The van der Waals surface area contributed by atoms with Gasteiger partial charge in [-0.05, 0) is 67.7 Å². The van der Waals surface area contributed by atoms with E-state index in [-0.39, 0.29) is 43.5 Å². The van der Waals surface area contributed by atoms with Gasteiger partial charge in [-0.2, -0.15) is 0 Å². The molecular weight excluding hydrogens is 592 g/mol. The Morgan fingerprint density at radius 2 is 1.64 bits per heavy atom. The Morgan fingerprint density at radius 3 is 2.32 bits per heavy atom. The molecule has 0 radical (unpaired) electrons. The van der Waals surface area contributed by atoms with Crippen LogP contribution in [-0.2, 0) is 32.1 Å². The molecule has 0 spiro atoms. The summed E-state index contributed by atoms with van der Waals surface area (Å²) in [4.78, 5) is 39.0. The first kappa shape index (κ1) is 37.5. The van der Waals surface area contributed by atoms with Crippen LogP contribution in [0.25, 0.3) is 0 Å². The van der Waals surface area contributed by atoms with Crippen LogP contribution >= 0.6 is 0 Å². The highest BCUT2D eigenvalue weighted by molar-refractivity contribution is 5.86. The Balaban J connectivity index is 1.52. The van der Waals surface area contributed by atoms with Gasteiger partial charge in [0.1, 0.15) is 19.0 Å². The van der Waals surface area contributed by atoms with Crippen molar-refractivity contribution in [2.45, 2.75) is 102 Å². The maximum absolute atomic E-state index is 13.5. The molecular formula is C39H54N2O6. The third kappa shape index (κ3) is 15.0. The van der Waals surface area contributed by atoms with Gasteiger partial charge in [-0.15, -0.1) is 13.2 Å². The molecule has 0 heterocycles. The normalized spacial score (nSPS) is 15.1. The number of ether oxygens (including phenoxy) is 2. The van der Waals surface area contributed by atoms with Crippen LogP contribution in [0.3, 0.4) is 0 Å². The molecule has 256 valence electrons. The first-order valence-corrected chi connectivity index (χ1v) is 17.2. The molecule has 0 aliphatic heterocycles. The van der Waals surface area contributed by atoms with Crippen molar-refractivity contribution in [3.63, 3.8) is 0 Å². The lowest BCUT2D eigenvalue weighted by molar-refractivity contribution is -0.145. The van der Waals surface area contributed by atoms with Crippen molar-refractivity contribution in [1.29, 1.82) is 0 Å². The van der Waals surface area contributed by atoms with Crippen LogP contribution in [0.15, 0.2) is 79.9 Å². The number of amides is 2. The minimum atomic E-state index is -0.628. The van der Waals surface area contributed by atoms with Crippen LogP contribution in [-0.4, -0.2) is 48.2 Å². The molecule has 0 bridgehead atoms. The van der Waals surface area contributed by atoms with E-state index in [2.05, 4.69) is 23.8 Å². The lowest BCUT2D eigenvalue weighted by Gasteiger charge is -2.28. The summed E-state index contributed by atoms with van der Waals surface area (Å²) < 4.78 is 11.5. The topological polar surface area (TPSA) is 114 Å². The Kier molecular flexibility index (Phi) is 17.4. The summed E-state index contributed by atoms with van der Waals surface area (Å²) in [6, 6.07) is 16.7. The molecule has 3 unspecified atom stereocenters. The largest absolute Gasteiger partial charge is 0.489 e. The predicted molar refractivity (Wildman–Crippen MR) is 186 cm³/mol. The van der Waals surface area contributed by atoms with Crippen molar-refractivity contribution in [3.05, 3.63) is 91.0 Å². The van der Waals surface area contributed by atoms with Crippen molar-refractivity contribution in [3.8, 4) is 5.75 Å². The van der Waals surface area contributed by atoms with E-state index in [0.717, 1.165) is 55.4 Å². The Morgan fingerprint density at radius 1 is 0.894 bits per heavy atom. The number of benzene rings is 2. The second kappa shape index (κ2) is 21.8. The van der Waals surface area contributed by atoms with E-state index in [1.165, 1.54) is 19.3 Å². The number of hydrogen-bond donors (Lipinski definition) is 3. The molecule has 3 rings (SSSR count). The van der Waals surface area contributed by atoms with Gasteiger partial charge in [-0.25, -0.2) is 0 Å². The molecule has 3 N–H and O–H groups in total. The van der Waals surface area contributed by atoms with Crippen molar-refractivity contribution < 1.29 is 29.0 Å². The minimum absolute atomic E-state index is 0.0418. The van der Waals surface area contributed by atoms with Crippen LogP contribution in [0, 0.1) is 11.8 Å². The second-order valence-electron chi connectivity index (χ2n) is 12.7. The van der Waals surface area contributed by atoms with Crippen LogP contribution < -0.4 is 15.4 Å². The fourth-order valence-electron chi connectivity index (χ4n) is 6.04. The van der Waals surface area contributed by atoms with Crippen LogP contribution in [0.1, 0.15) is 88.2 Å². The SMILES string of the molecule is C=CCCCCC(=O)OCC(CC1CCCCC1)NC(=O)C(CC=C)CC(=O)NC(CO)Cc1ccc(OCc2ccccc2)cc1. The van der Waals surface area contributed by atoms with Gasteiger partial charge >= 0.3 is 5.97 Å². The molecule has 8 heteroatoms. The average Bonchev–Trinajstić information content (AvgIpc) is 3.09. The van der Waals surface area contributed by atoms with Gasteiger partial charge in [0.25, 0.3) is 0 Å². The Bertz CT molecular complexity index is 1230. The molecule has 3 atom stereocenters. The summed E-state index contributed by atoms with van der Waals surface area (Å²) in [6.07, 6.45) is 13.6. The molecule has 1 fully saturated rings. The zero-order valence-electron chi connectivity index (χ0n) is 27.9. The van der Waals surface area contributed by atoms with Crippen molar-refractivity contribution in [2.24, 2.45) is 11.8 Å². The molecule has 0 aromatic heterocycles. The van der Waals surface area contributed by atoms with Crippen LogP contribution in [0.2, 0.25) is 0 Å². The van der Waals surface area contributed by atoms with Gasteiger partial charge in [-0.1, -0.05) is 86.7 Å². The van der Waals surface area contributed by atoms with E-state index in [4.69, 9.17) is 9.47 Å².